The van der Waals surface area contributed by atoms with Gasteiger partial charge in [-0.2, -0.15) is 0 Å². The number of rotatable bonds is 7. The van der Waals surface area contributed by atoms with Crippen molar-refractivity contribution in [2.45, 2.75) is 23.1 Å². The van der Waals surface area contributed by atoms with Gasteiger partial charge in [0.05, 0.1) is 29.7 Å². The van der Waals surface area contributed by atoms with Gasteiger partial charge in [0.25, 0.3) is 0 Å². The summed E-state index contributed by atoms with van der Waals surface area (Å²) in [5.74, 6) is 1.25. The molecule has 1 aromatic heterocycles. The number of nitrogens with one attached hydrogen (secondary N) is 1. The van der Waals surface area contributed by atoms with Crippen LogP contribution in [0.2, 0.25) is 5.02 Å². The third-order valence-electron chi connectivity index (χ3n) is 3.89. The van der Waals surface area contributed by atoms with Crippen molar-refractivity contribution in [3.63, 3.8) is 0 Å². The highest BCUT2D eigenvalue weighted by Crippen LogP contribution is 2.33. The fourth-order valence-corrected chi connectivity index (χ4v) is 4.84. The maximum Gasteiger partial charge on any atom is 0.233 e. The van der Waals surface area contributed by atoms with Crippen molar-refractivity contribution in [1.82, 2.24) is 10.3 Å². The van der Waals surface area contributed by atoms with E-state index in [1.165, 1.54) is 11.8 Å². The summed E-state index contributed by atoms with van der Waals surface area (Å²) in [6.45, 7) is 2.28. The number of aromatic nitrogens is 1. The van der Waals surface area contributed by atoms with E-state index in [1.807, 2.05) is 43.3 Å². The minimum absolute atomic E-state index is 0.0490. The predicted octanol–water partition coefficient (Wildman–Crippen LogP) is 4.76. The maximum atomic E-state index is 12.4. The summed E-state index contributed by atoms with van der Waals surface area (Å²) in [7, 11) is 3.18. The first kappa shape index (κ1) is 19.8. The van der Waals surface area contributed by atoms with Crippen molar-refractivity contribution in [3.8, 4) is 11.5 Å². The zero-order valence-electron chi connectivity index (χ0n) is 15.1. The Labute approximate surface area is 171 Å². The van der Waals surface area contributed by atoms with Crippen LogP contribution in [0.25, 0.3) is 10.2 Å². The highest BCUT2D eigenvalue weighted by Gasteiger charge is 2.17. The van der Waals surface area contributed by atoms with E-state index in [0.717, 1.165) is 20.1 Å². The molecule has 1 heterocycles. The van der Waals surface area contributed by atoms with Crippen LogP contribution in [0.5, 0.6) is 11.5 Å². The van der Waals surface area contributed by atoms with Gasteiger partial charge in [0.15, 0.2) is 15.8 Å². The minimum atomic E-state index is -0.263. The maximum absolute atomic E-state index is 12.4. The molecule has 0 spiro atoms. The fourth-order valence-electron chi connectivity index (χ4n) is 2.46. The van der Waals surface area contributed by atoms with Crippen molar-refractivity contribution >= 4 is 50.8 Å². The average molecular weight is 423 g/mol. The third-order valence-corrected chi connectivity index (χ3v) is 6.36. The Hall–Kier alpha value is -1.96. The van der Waals surface area contributed by atoms with E-state index in [4.69, 9.17) is 21.1 Å². The van der Waals surface area contributed by atoms with Gasteiger partial charge in [-0.3, -0.25) is 4.79 Å². The van der Waals surface area contributed by atoms with Crippen molar-refractivity contribution in [1.29, 1.82) is 0 Å². The summed E-state index contributed by atoms with van der Waals surface area (Å²) in [5, 5.41) is 3.34. The van der Waals surface area contributed by atoms with Crippen LogP contribution in [-0.2, 0) is 11.3 Å². The predicted molar refractivity (Wildman–Crippen MR) is 111 cm³/mol. The van der Waals surface area contributed by atoms with Gasteiger partial charge in [-0.05, 0) is 42.8 Å². The summed E-state index contributed by atoms with van der Waals surface area (Å²) < 4.78 is 12.4. The zero-order valence-corrected chi connectivity index (χ0v) is 17.5. The number of carbonyl (C=O) groups is 1. The molecule has 1 amide bonds. The van der Waals surface area contributed by atoms with Crippen molar-refractivity contribution < 1.29 is 14.3 Å². The molecule has 0 saturated carbocycles. The van der Waals surface area contributed by atoms with Gasteiger partial charge >= 0.3 is 0 Å². The molecule has 27 heavy (non-hydrogen) atoms. The van der Waals surface area contributed by atoms with Crippen molar-refractivity contribution in [3.05, 3.63) is 47.0 Å². The molecule has 0 radical (unpaired) electrons. The van der Waals surface area contributed by atoms with Gasteiger partial charge in [-0.25, -0.2) is 4.98 Å². The van der Waals surface area contributed by atoms with Crippen LogP contribution in [0.1, 0.15) is 12.5 Å². The Morgan fingerprint density at radius 2 is 2.00 bits per heavy atom. The van der Waals surface area contributed by atoms with E-state index < -0.39 is 0 Å². The van der Waals surface area contributed by atoms with Crippen LogP contribution in [0.15, 0.2) is 40.7 Å². The third kappa shape index (κ3) is 4.86. The monoisotopic (exact) mass is 422 g/mol. The lowest BCUT2D eigenvalue weighted by Gasteiger charge is -2.12. The number of ether oxygens (including phenoxy) is 2. The van der Waals surface area contributed by atoms with Gasteiger partial charge in [-0.1, -0.05) is 29.4 Å². The summed E-state index contributed by atoms with van der Waals surface area (Å²) in [4.78, 5) is 17.0. The second-order valence-corrected chi connectivity index (χ2v) is 8.81. The Morgan fingerprint density at radius 1 is 1.22 bits per heavy atom. The lowest BCUT2D eigenvalue weighted by Crippen LogP contribution is -2.30. The largest absolute Gasteiger partial charge is 0.493 e. The van der Waals surface area contributed by atoms with Gasteiger partial charge in [-0.15, -0.1) is 11.3 Å². The Balaban J connectivity index is 1.60. The van der Waals surface area contributed by atoms with E-state index in [1.54, 1.807) is 25.6 Å². The Bertz CT molecular complexity index is 961. The Morgan fingerprint density at radius 3 is 2.74 bits per heavy atom. The minimum Gasteiger partial charge on any atom is -0.493 e. The number of methoxy groups -OCH3 is 2. The summed E-state index contributed by atoms with van der Waals surface area (Å²) in [6, 6.07) is 11.2. The molecule has 0 aliphatic rings. The highest BCUT2D eigenvalue weighted by atomic mass is 35.5. The smallest absolute Gasteiger partial charge is 0.233 e. The number of thiazole rings is 1. The molecule has 3 aromatic rings. The number of halogens is 1. The molecule has 1 unspecified atom stereocenters. The van der Waals surface area contributed by atoms with E-state index in [9.17, 15) is 4.79 Å². The van der Waals surface area contributed by atoms with Gasteiger partial charge in [0.1, 0.15) is 0 Å². The molecule has 0 bridgehead atoms. The first-order valence-corrected chi connectivity index (χ1v) is 10.3. The summed E-state index contributed by atoms with van der Waals surface area (Å²) in [5.41, 5.74) is 1.79. The van der Waals surface area contributed by atoms with Crippen molar-refractivity contribution in [2.24, 2.45) is 0 Å². The summed E-state index contributed by atoms with van der Waals surface area (Å²) >= 11 is 9.00. The molecule has 0 aliphatic heterocycles. The Kier molecular flexibility index (Phi) is 6.46. The standard InChI is InChI=1S/C19H19ClN2O3S2/c1-11(26-19-22-14-9-13(20)5-7-17(14)27-19)18(23)21-10-12-4-6-15(24-2)16(8-12)25-3/h4-9,11H,10H2,1-3H3,(H,21,23). The number of hydrogen-bond acceptors (Lipinski definition) is 6. The van der Waals surface area contributed by atoms with E-state index in [2.05, 4.69) is 10.3 Å². The second kappa shape index (κ2) is 8.82. The van der Waals surface area contributed by atoms with Gasteiger partial charge < -0.3 is 14.8 Å². The van der Waals surface area contributed by atoms with Crippen LogP contribution in [-0.4, -0.2) is 30.4 Å². The van der Waals surface area contributed by atoms with Crippen LogP contribution in [0.3, 0.4) is 0 Å². The molecule has 142 valence electrons. The first-order valence-electron chi connectivity index (χ1n) is 8.21. The van der Waals surface area contributed by atoms with Crippen LogP contribution < -0.4 is 14.8 Å². The topological polar surface area (TPSA) is 60.5 Å². The lowest BCUT2D eigenvalue weighted by molar-refractivity contribution is -0.120. The van der Waals surface area contributed by atoms with Crippen LogP contribution in [0, 0.1) is 0 Å². The molecular formula is C19H19ClN2O3S2. The van der Waals surface area contributed by atoms with E-state index >= 15 is 0 Å². The quantitative estimate of drug-likeness (QED) is 0.556. The second-order valence-electron chi connectivity index (χ2n) is 5.76. The van der Waals surface area contributed by atoms with E-state index in [-0.39, 0.29) is 11.2 Å². The molecule has 0 fully saturated rings. The number of hydrogen-bond donors (Lipinski definition) is 1. The van der Waals surface area contributed by atoms with Gasteiger partial charge in [0, 0.05) is 11.6 Å². The number of fused-ring (bicyclic) bond motifs is 1. The lowest BCUT2D eigenvalue weighted by atomic mass is 10.2. The number of carbonyl (C=O) groups excluding carboxylic acids is 1. The molecule has 3 rings (SSSR count). The molecule has 1 N–H and O–H groups in total. The fraction of sp³-hybridized carbons (Fsp3) is 0.263. The van der Waals surface area contributed by atoms with Gasteiger partial charge in [0.2, 0.25) is 5.91 Å². The molecular weight excluding hydrogens is 404 g/mol. The van der Waals surface area contributed by atoms with Crippen molar-refractivity contribution in [2.75, 3.05) is 14.2 Å². The summed E-state index contributed by atoms with van der Waals surface area (Å²) in [6.07, 6.45) is 0. The van der Waals surface area contributed by atoms with Crippen LogP contribution >= 0.6 is 34.7 Å². The molecule has 1 atom stereocenters. The van der Waals surface area contributed by atoms with Crippen LogP contribution in [0.4, 0.5) is 0 Å². The molecule has 0 saturated heterocycles. The average Bonchev–Trinajstić information content (AvgIpc) is 3.06. The normalized spacial score (nSPS) is 12.0. The van der Waals surface area contributed by atoms with E-state index in [0.29, 0.717) is 23.1 Å². The SMILES string of the molecule is COc1ccc(CNC(=O)C(C)Sc2nc3cc(Cl)ccc3s2)cc1OC. The molecule has 0 aliphatic carbocycles. The molecule has 8 heteroatoms. The number of nitrogens with zero attached hydrogens (tertiary/aromatic N) is 1. The first-order chi connectivity index (χ1) is 13.0. The molecule has 2 aromatic carbocycles. The number of thioether (sulfide) groups is 1. The number of benzene rings is 2. The number of amides is 1. The molecule has 5 nitrogen and oxygen atoms in total. The zero-order chi connectivity index (χ0) is 19.4. The highest BCUT2D eigenvalue weighted by molar-refractivity contribution is 8.02.